The highest BCUT2D eigenvalue weighted by Gasteiger charge is 2.44. The molecule has 4 aromatic rings. The summed E-state index contributed by atoms with van der Waals surface area (Å²) in [5, 5.41) is 0.503. The van der Waals surface area contributed by atoms with Gasteiger partial charge in [0, 0.05) is 5.57 Å². The van der Waals surface area contributed by atoms with E-state index < -0.39 is 12.0 Å². The molecule has 2 aliphatic rings. The van der Waals surface area contributed by atoms with Crippen LogP contribution in [-0.2, 0) is 0 Å². The Hall–Kier alpha value is -3.92. The second kappa shape index (κ2) is 6.29. The minimum atomic E-state index is -0.563. The lowest BCUT2D eigenvalue weighted by Crippen LogP contribution is -2.39. The van der Waals surface area contributed by atoms with Crippen LogP contribution < -0.4 is 10.2 Å². The first kappa shape index (κ1) is 17.0. The van der Waals surface area contributed by atoms with Gasteiger partial charge in [-0.15, -0.1) is 0 Å². The van der Waals surface area contributed by atoms with E-state index in [1.54, 1.807) is 30.3 Å². The summed E-state index contributed by atoms with van der Waals surface area (Å²) < 4.78 is 12.6. The van der Waals surface area contributed by atoms with Crippen molar-refractivity contribution in [3.05, 3.63) is 117 Å². The van der Waals surface area contributed by atoms with Crippen molar-refractivity contribution in [2.75, 3.05) is 0 Å². The van der Waals surface area contributed by atoms with Crippen molar-refractivity contribution in [2.24, 2.45) is 0 Å². The summed E-state index contributed by atoms with van der Waals surface area (Å²) in [6, 6.07) is 24.2. The van der Waals surface area contributed by atoms with Crippen LogP contribution in [0.15, 0.2) is 93.6 Å². The molecule has 6 rings (SSSR count). The molecule has 0 N–H and O–H groups in total. The maximum absolute atomic E-state index is 13.3. The molecule has 1 aromatic heterocycles. The smallest absolute Gasteiger partial charge is 0.200 e. The fourth-order valence-electron chi connectivity index (χ4n) is 4.46. The molecule has 0 saturated heterocycles. The average Bonchev–Trinajstić information content (AvgIpc) is 2.79. The maximum atomic E-state index is 13.3. The lowest BCUT2D eigenvalue weighted by molar-refractivity contribution is 0.0946. The van der Waals surface area contributed by atoms with Crippen LogP contribution in [0.5, 0.6) is 5.75 Å². The Morgan fingerprint density at radius 2 is 1.50 bits per heavy atom. The molecule has 1 aliphatic heterocycles. The van der Waals surface area contributed by atoms with Crippen LogP contribution in [-0.4, -0.2) is 11.9 Å². The third kappa shape index (κ3) is 2.34. The Labute approximate surface area is 172 Å². The first-order valence-electron chi connectivity index (χ1n) is 9.85. The van der Waals surface area contributed by atoms with Crippen LogP contribution in [0, 0.1) is 0 Å². The van der Waals surface area contributed by atoms with Gasteiger partial charge in [-0.2, -0.15) is 0 Å². The zero-order valence-electron chi connectivity index (χ0n) is 15.9. The average molecular weight is 392 g/mol. The van der Waals surface area contributed by atoms with Crippen molar-refractivity contribution in [2.45, 2.75) is 12.0 Å². The number of fused-ring (bicyclic) bond motifs is 4. The maximum Gasteiger partial charge on any atom is 0.200 e. The number of hydrogen-bond donors (Lipinski definition) is 0. The van der Waals surface area contributed by atoms with Crippen LogP contribution in [0.3, 0.4) is 0 Å². The molecule has 0 saturated carbocycles. The zero-order chi connectivity index (χ0) is 20.2. The van der Waals surface area contributed by atoms with Crippen molar-refractivity contribution in [1.29, 1.82) is 0 Å². The summed E-state index contributed by atoms with van der Waals surface area (Å²) in [6.45, 7) is 0. The molecule has 0 amide bonds. The van der Waals surface area contributed by atoms with E-state index in [-0.39, 0.29) is 11.2 Å². The van der Waals surface area contributed by atoms with Gasteiger partial charge in [0.2, 0.25) is 0 Å². The van der Waals surface area contributed by atoms with Crippen LogP contribution in [0.25, 0.3) is 17.0 Å². The Morgan fingerprint density at radius 3 is 2.37 bits per heavy atom. The highest BCUT2D eigenvalue weighted by atomic mass is 16.5. The summed E-state index contributed by atoms with van der Waals surface area (Å²) in [7, 11) is 0. The van der Waals surface area contributed by atoms with Gasteiger partial charge in [0.1, 0.15) is 23.2 Å². The summed E-state index contributed by atoms with van der Waals surface area (Å²) in [5.41, 5.74) is 2.75. The van der Waals surface area contributed by atoms with E-state index in [0.29, 0.717) is 39.2 Å². The van der Waals surface area contributed by atoms with Crippen molar-refractivity contribution < 1.29 is 13.9 Å². The monoisotopic (exact) mass is 392 g/mol. The van der Waals surface area contributed by atoms with E-state index in [2.05, 4.69) is 0 Å². The largest absolute Gasteiger partial charge is 0.484 e. The summed E-state index contributed by atoms with van der Waals surface area (Å²) in [6.07, 6.45) is 1.10. The highest BCUT2D eigenvalue weighted by molar-refractivity contribution is 6.15. The molecule has 0 fully saturated rings. The third-order valence-corrected chi connectivity index (χ3v) is 5.86. The van der Waals surface area contributed by atoms with Gasteiger partial charge in [0.25, 0.3) is 0 Å². The molecule has 144 valence electrons. The summed E-state index contributed by atoms with van der Waals surface area (Å²) in [4.78, 5) is 26.7. The van der Waals surface area contributed by atoms with Crippen LogP contribution in [0.2, 0.25) is 0 Å². The Balaban J connectivity index is 1.68. The molecule has 0 radical (unpaired) electrons. The number of benzene rings is 3. The number of para-hydroxylation sites is 2. The lowest BCUT2D eigenvalue weighted by Gasteiger charge is -2.36. The molecular formula is C26H16O4. The van der Waals surface area contributed by atoms with Crippen molar-refractivity contribution >= 4 is 22.8 Å². The standard InChI is InChI=1S/C26H16O4/c27-23-16-10-4-6-12-20(16)29-25-18(23)14-19-24(28)17-11-5-7-13-21(17)30-26(19)22(25)15-8-2-1-3-9-15/h1-14,22,25H. The summed E-state index contributed by atoms with van der Waals surface area (Å²) >= 11 is 0. The zero-order valence-corrected chi connectivity index (χ0v) is 15.9. The molecule has 4 nitrogen and oxygen atoms in total. The minimum Gasteiger partial charge on any atom is -0.484 e. The molecule has 1 aliphatic carbocycles. The molecule has 0 spiro atoms. The number of rotatable bonds is 1. The fourth-order valence-corrected chi connectivity index (χ4v) is 4.46. The molecule has 2 atom stereocenters. The minimum absolute atomic E-state index is 0.110. The van der Waals surface area contributed by atoms with Crippen molar-refractivity contribution in [3.63, 3.8) is 0 Å². The van der Waals surface area contributed by atoms with Crippen LogP contribution >= 0.6 is 0 Å². The van der Waals surface area contributed by atoms with Crippen LogP contribution in [0.4, 0.5) is 0 Å². The van der Waals surface area contributed by atoms with Gasteiger partial charge >= 0.3 is 0 Å². The van der Waals surface area contributed by atoms with Gasteiger partial charge in [-0.1, -0.05) is 54.6 Å². The second-order valence-corrected chi connectivity index (χ2v) is 7.56. The molecule has 2 heterocycles. The Kier molecular flexibility index (Phi) is 3.56. The van der Waals surface area contributed by atoms with Gasteiger partial charge in [-0.25, -0.2) is 0 Å². The highest BCUT2D eigenvalue weighted by Crippen LogP contribution is 2.44. The molecule has 3 aromatic carbocycles. The van der Waals surface area contributed by atoms with E-state index in [0.717, 1.165) is 5.56 Å². The quantitative estimate of drug-likeness (QED) is 0.459. The van der Waals surface area contributed by atoms with Gasteiger partial charge in [0.15, 0.2) is 11.2 Å². The lowest BCUT2D eigenvalue weighted by atomic mass is 9.76. The topological polar surface area (TPSA) is 56.5 Å². The first-order chi connectivity index (χ1) is 14.7. The number of carbonyl (C=O) groups excluding carboxylic acids is 1. The second-order valence-electron chi connectivity index (χ2n) is 7.56. The van der Waals surface area contributed by atoms with Gasteiger partial charge < -0.3 is 9.15 Å². The first-order valence-corrected chi connectivity index (χ1v) is 9.85. The van der Waals surface area contributed by atoms with Crippen molar-refractivity contribution in [1.82, 2.24) is 0 Å². The van der Waals surface area contributed by atoms with E-state index >= 15 is 0 Å². The summed E-state index contributed by atoms with van der Waals surface area (Å²) in [5.74, 6) is 0.569. The van der Waals surface area contributed by atoms with Gasteiger partial charge in [-0.05, 0) is 35.9 Å². The number of ketones is 1. The van der Waals surface area contributed by atoms with E-state index in [1.807, 2.05) is 54.6 Å². The molecular weight excluding hydrogens is 376 g/mol. The molecule has 30 heavy (non-hydrogen) atoms. The number of hydrogen-bond acceptors (Lipinski definition) is 4. The third-order valence-electron chi connectivity index (χ3n) is 5.86. The molecule has 0 bridgehead atoms. The van der Waals surface area contributed by atoms with E-state index in [1.165, 1.54) is 0 Å². The number of Topliss-reactive ketones (excluding diaryl/α,β-unsaturated/α-hetero) is 1. The predicted octanol–water partition coefficient (Wildman–Crippen LogP) is 4.97. The fraction of sp³-hybridized carbons (Fsp3) is 0.0769. The Bertz CT molecular complexity index is 1410. The van der Waals surface area contributed by atoms with E-state index in [4.69, 9.17) is 9.15 Å². The molecule has 2 unspecified atom stereocenters. The van der Waals surface area contributed by atoms with E-state index in [9.17, 15) is 9.59 Å². The number of ether oxygens (including phenoxy) is 1. The predicted molar refractivity (Wildman–Crippen MR) is 114 cm³/mol. The number of carbonyl (C=O) groups is 1. The Morgan fingerprint density at radius 1 is 0.767 bits per heavy atom. The van der Waals surface area contributed by atoms with Gasteiger partial charge in [0.05, 0.1) is 22.4 Å². The van der Waals surface area contributed by atoms with Crippen LogP contribution in [0.1, 0.15) is 33.2 Å². The van der Waals surface area contributed by atoms with Gasteiger partial charge in [-0.3, -0.25) is 9.59 Å². The normalized spacial score (nSPS) is 19.3. The van der Waals surface area contributed by atoms with Crippen molar-refractivity contribution in [3.8, 4) is 5.75 Å². The molecule has 4 heteroatoms. The SMILES string of the molecule is O=C1C2=Cc3c(oc4ccccc4c3=O)C(c3ccccc3)C2Oc2ccccc21.